The number of carbonyl (C=O) groups is 3. The van der Waals surface area contributed by atoms with Gasteiger partial charge in [0.1, 0.15) is 12.6 Å². The van der Waals surface area contributed by atoms with Gasteiger partial charge in [0, 0.05) is 19.0 Å². The van der Waals surface area contributed by atoms with Gasteiger partial charge in [-0.15, -0.1) is 0 Å². The van der Waals surface area contributed by atoms with Crippen molar-refractivity contribution in [3.05, 3.63) is 59.7 Å². The van der Waals surface area contributed by atoms with E-state index >= 15 is 0 Å². The van der Waals surface area contributed by atoms with Gasteiger partial charge in [-0.2, -0.15) is 0 Å². The summed E-state index contributed by atoms with van der Waals surface area (Å²) in [6.07, 6.45) is 0.865. The van der Waals surface area contributed by atoms with E-state index in [1.807, 2.05) is 24.3 Å². The van der Waals surface area contributed by atoms with Crippen LogP contribution in [-0.2, 0) is 14.3 Å². The molecule has 2 amide bonds. The van der Waals surface area contributed by atoms with Crippen LogP contribution in [0.3, 0.4) is 0 Å². The van der Waals surface area contributed by atoms with E-state index in [9.17, 15) is 19.5 Å². The number of amides is 2. The molecule has 4 rings (SSSR count). The van der Waals surface area contributed by atoms with Crippen LogP contribution in [0, 0.1) is 11.3 Å². The zero-order chi connectivity index (χ0) is 24.5. The summed E-state index contributed by atoms with van der Waals surface area (Å²) in [4.78, 5) is 38.8. The van der Waals surface area contributed by atoms with Crippen molar-refractivity contribution in [3.8, 4) is 11.1 Å². The first-order valence-corrected chi connectivity index (χ1v) is 11.8. The number of piperidine rings is 1. The van der Waals surface area contributed by atoms with Crippen LogP contribution in [0.15, 0.2) is 48.5 Å². The van der Waals surface area contributed by atoms with E-state index in [0.29, 0.717) is 13.1 Å². The molecule has 180 valence electrons. The fourth-order valence-corrected chi connectivity index (χ4v) is 5.09. The Morgan fingerprint density at radius 2 is 1.68 bits per heavy atom. The predicted molar refractivity (Wildman–Crippen MR) is 128 cm³/mol. The maximum Gasteiger partial charge on any atom is 0.407 e. The number of benzene rings is 2. The molecule has 2 aromatic carbocycles. The third-order valence-corrected chi connectivity index (χ3v) is 7.35. The molecule has 2 N–H and O–H groups in total. The summed E-state index contributed by atoms with van der Waals surface area (Å²) in [5.74, 6) is -1.27. The number of carboxylic acid groups (broad SMARTS) is 1. The number of likely N-dealkylation sites (tertiary alicyclic amines) is 1. The summed E-state index contributed by atoms with van der Waals surface area (Å²) in [7, 11) is 0. The predicted octanol–water partition coefficient (Wildman–Crippen LogP) is 4.26. The molecule has 1 unspecified atom stereocenters. The Bertz CT molecular complexity index is 1050. The van der Waals surface area contributed by atoms with Gasteiger partial charge in [0.05, 0.1) is 5.41 Å². The van der Waals surface area contributed by atoms with Crippen molar-refractivity contribution >= 4 is 18.0 Å². The highest BCUT2D eigenvalue weighted by Crippen LogP contribution is 2.44. The molecule has 34 heavy (non-hydrogen) atoms. The lowest BCUT2D eigenvalue weighted by molar-refractivity contribution is -0.153. The van der Waals surface area contributed by atoms with Crippen LogP contribution in [0.2, 0.25) is 0 Å². The van der Waals surface area contributed by atoms with Crippen molar-refractivity contribution in [2.24, 2.45) is 11.3 Å². The van der Waals surface area contributed by atoms with Crippen LogP contribution >= 0.6 is 0 Å². The van der Waals surface area contributed by atoms with Crippen molar-refractivity contribution < 1.29 is 24.2 Å². The molecule has 0 aromatic heterocycles. The van der Waals surface area contributed by atoms with Gasteiger partial charge in [-0.3, -0.25) is 9.59 Å². The van der Waals surface area contributed by atoms with Crippen LogP contribution in [0.25, 0.3) is 11.1 Å². The molecule has 1 aliphatic carbocycles. The van der Waals surface area contributed by atoms with Gasteiger partial charge in [-0.05, 0) is 61.8 Å². The Kier molecular flexibility index (Phi) is 6.64. The average molecular weight is 465 g/mol. The second kappa shape index (κ2) is 9.49. The standard InChI is InChI=1S/C27H32N2O5/c1-17(24(30)29-14-8-9-18(15-29)27(2,3)25(31)32)28-26(33)34-16-23-21-12-6-4-10-19(21)20-11-5-7-13-22(20)23/h4-7,10-13,17-18,23H,8-9,14-16H2,1-3H3,(H,28,33)(H,31,32)/t17-,18?/m0/s1. The van der Waals surface area contributed by atoms with Gasteiger partial charge in [0.15, 0.2) is 0 Å². The molecule has 1 fully saturated rings. The van der Waals surface area contributed by atoms with E-state index in [4.69, 9.17) is 4.74 Å². The molecule has 0 saturated carbocycles. The molecule has 2 aliphatic rings. The van der Waals surface area contributed by atoms with Crippen LogP contribution in [0.1, 0.15) is 50.7 Å². The fourth-order valence-electron chi connectivity index (χ4n) is 5.09. The largest absolute Gasteiger partial charge is 0.481 e. The van der Waals surface area contributed by atoms with Crippen LogP contribution in [-0.4, -0.2) is 53.7 Å². The van der Waals surface area contributed by atoms with Gasteiger partial charge in [-0.25, -0.2) is 4.79 Å². The molecule has 1 aliphatic heterocycles. The summed E-state index contributed by atoms with van der Waals surface area (Å²) >= 11 is 0. The summed E-state index contributed by atoms with van der Waals surface area (Å²) in [5, 5.41) is 12.2. The highest BCUT2D eigenvalue weighted by Gasteiger charge is 2.40. The number of carboxylic acids is 1. The summed E-state index contributed by atoms with van der Waals surface area (Å²) < 4.78 is 5.56. The highest BCUT2D eigenvalue weighted by atomic mass is 16.5. The Morgan fingerprint density at radius 1 is 1.09 bits per heavy atom. The zero-order valence-corrected chi connectivity index (χ0v) is 19.9. The lowest BCUT2D eigenvalue weighted by Crippen LogP contribution is -2.52. The van der Waals surface area contributed by atoms with Crippen LogP contribution < -0.4 is 5.32 Å². The minimum atomic E-state index is -0.914. The van der Waals surface area contributed by atoms with Crippen molar-refractivity contribution in [2.45, 2.75) is 45.6 Å². The van der Waals surface area contributed by atoms with Crippen molar-refractivity contribution in [3.63, 3.8) is 0 Å². The number of nitrogens with zero attached hydrogens (tertiary/aromatic N) is 1. The quantitative estimate of drug-likeness (QED) is 0.666. The van der Waals surface area contributed by atoms with E-state index < -0.39 is 23.5 Å². The van der Waals surface area contributed by atoms with Crippen molar-refractivity contribution in [1.29, 1.82) is 0 Å². The van der Waals surface area contributed by atoms with E-state index in [1.165, 1.54) is 0 Å². The van der Waals surface area contributed by atoms with Crippen LogP contribution in [0.5, 0.6) is 0 Å². The lowest BCUT2D eigenvalue weighted by atomic mass is 9.74. The topological polar surface area (TPSA) is 95.9 Å². The summed E-state index contributed by atoms with van der Waals surface area (Å²) in [5.41, 5.74) is 3.64. The molecular formula is C27H32N2O5. The van der Waals surface area contributed by atoms with E-state index in [0.717, 1.165) is 35.1 Å². The number of hydrogen-bond acceptors (Lipinski definition) is 4. The van der Waals surface area contributed by atoms with Gasteiger partial charge < -0.3 is 20.1 Å². The van der Waals surface area contributed by atoms with E-state index in [-0.39, 0.29) is 24.3 Å². The van der Waals surface area contributed by atoms with Crippen molar-refractivity contribution in [1.82, 2.24) is 10.2 Å². The maximum absolute atomic E-state index is 13.0. The molecular weight excluding hydrogens is 432 g/mol. The molecule has 0 spiro atoms. The Balaban J connectivity index is 1.35. The Labute approximate surface area is 200 Å². The number of alkyl carbamates (subject to hydrolysis) is 1. The molecule has 7 heteroatoms. The van der Waals surface area contributed by atoms with Crippen LogP contribution in [0.4, 0.5) is 4.79 Å². The molecule has 2 atom stereocenters. The maximum atomic E-state index is 13.0. The average Bonchev–Trinajstić information content (AvgIpc) is 3.16. The Hall–Kier alpha value is -3.35. The Morgan fingerprint density at radius 3 is 2.26 bits per heavy atom. The highest BCUT2D eigenvalue weighted by molar-refractivity contribution is 5.85. The number of hydrogen-bond donors (Lipinski definition) is 2. The van der Waals surface area contributed by atoms with Gasteiger partial charge in [0.25, 0.3) is 0 Å². The van der Waals surface area contributed by atoms with Gasteiger partial charge in [-0.1, -0.05) is 48.5 Å². The van der Waals surface area contributed by atoms with E-state index in [2.05, 4.69) is 29.6 Å². The third kappa shape index (κ3) is 4.52. The molecule has 1 saturated heterocycles. The van der Waals surface area contributed by atoms with E-state index in [1.54, 1.807) is 25.7 Å². The third-order valence-electron chi connectivity index (χ3n) is 7.35. The normalized spacial score (nSPS) is 18.6. The molecule has 2 aromatic rings. The zero-order valence-electron chi connectivity index (χ0n) is 19.9. The van der Waals surface area contributed by atoms with Crippen molar-refractivity contribution in [2.75, 3.05) is 19.7 Å². The molecule has 0 bridgehead atoms. The minimum Gasteiger partial charge on any atom is -0.481 e. The second-order valence-corrected chi connectivity index (χ2v) is 9.84. The number of nitrogens with one attached hydrogen (secondary N) is 1. The molecule has 1 heterocycles. The number of ether oxygens (including phenoxy) is 1. The van der Waals surface area contributed by atoms with Gasteiger partial charge in [0.2, 0.25) is 5.91 Å². The number of aliphatic carboxylic acids is 1. The fraction of sp³-hybridized carbons (Fsp3) is 0.444. The summed E-state index contributed by atoms with van der Waals surface area (Å²) in [6, 6.07) is 15.5. The monoisotopic (exact) mass is 464 g/mol. The first-order chi connectivity index (χ1) is 16.2. The number of carbonyl (C=O) groups excluding carboxylic acids is 2. The number of rotatable bonds is 6. The first kappa shape index (κ1) is 23.8. The summed E-state index contributed by atoms with van der Waals surface area (Å²) in [6.45, 7) is 6.14. The first-order valence-electron chi connectivity index (χ1n) is 11.8. The molecule has 0 radical (unpaired) electrons. The SMILES string of the molecule is C[C@H](NC(=O)OCC1c2ccccc2-c2ccccc21)C(=O)N1CCCC(C(C)(C)C(=O)O)C1. The minimum absolute atomic E-state index is 0.0507. The lowest BCUT2D eigenvalue weighted by Gasteiger charge is -2.40. The van der Waals surface area contributed by atoms with Gasteiger partial charge >= 0.3 is 12.1 Å². The number of fused-ring (bicyclic) bond motifs is 3. The smallest absolute Gasteiger partial charge is 0.407 e. The molecule has 7 nitrogen and oxygen atoms in total. The second-order valence-electron chi connectivity index (χ2n) is 9.84.